The molecule has 1 aliphatic heterocycles. The molecule has 0 fully saturated rings. The second kappa shape index (κ2) is 6.53. The highest BCUT2D eigenvalue weighted by Gasteiger charge is 2.23. The minimum Gasteiger partial charge on any atom is -0.475 e. The van der Waals surface area contributed by atoms with E-state index in [0.717, 1.165) is 12.8 Å². The van der Waals surface area contributed by atoms with Gasteiger partial charge in [-0.05, 0) is 19.8 Å². The molecule has 1 aromatic rings. The largest absolute Gasteiger partial charge is 0.475 e. The maximum Gasteiger partial charge on any atom is 0.214 e. The number of aliphatic hydroxyl groups excluding tert-OH is 1. The predicted octanol–water partition coefficient (Wildman–Crippen LogP) is 1.67. The van der Waals surface area contributed by atoms with Gasteiger partial charge >= 0.3 is 0 Å². The Balaban J connectivity index is 2.02. The van der Waals surface area contributed by atoms with Crippen LogP contribution in [0, 0.1) is 0 Å². The monoisotopic (exact) mass is 302 g/mol. The Morgan fingerprint density at radius 3 is 3.05 bits per heavy atom. The van der Waals surface area contributed by atoms with Crippen molar-refractivity contribution in [3.63, 3.8) is 0 Å². The zero-order valence-electron chi connectivity index (χ0n) is 10.9. The summed E-state index contributed by atoms with van der Waals surface area (Å²) in [5, 5.41) is 19.1. The van der Waals surface area contributed by atoms with Gasteiger partial charge < -0.3 is 9.84 Å². The molecule has 0 saturated heterocycles. The Morgan fingerprint density at radius 1 is 1.63 bits per heavy atom. The molecule has 0 aromatic carbocycles. The van der Waals surface area contributed by atoms with Crippen LogP contribution in [0.3, 0.4) is 0 Å². The fourth-order valence-electron chi connectivity index (χ4n) is 1.72. The standard InChI is InChI=1S/C11H18N4O2S2/c1-8(4-3-5-16)17-10-6-9(13-14(10)2)15-11(18)19-7-12-15/h6-8,11,16,18H,3-5H2,1-2H3. The van der Waals surface area contributed by atoms with Gasteiger partial charge in [-0.1, -0.05) is 11.8 Å². The Hall–Kier alpha value is -0.860. The fraction of sp³-hybridized carbons (Fsp3) is 0.636. The number of aliphatic hydroxyl groups is 1. The van der Waals surface area contributed by atoms with E-state index < -0.39 is 0 Å². The number of aryl methyl sites for hydroxylation is 1. The van der Waals surface area contributed by atoms with Crippen LogP contribution in [0.15, 0.2) is 11.2 Å². The number of hydrogen-bond acceptors (Lipinski definition) is 7. The fourth-order valence-corrected chi connectivity index (χ4v) is 2.60. The van der Waals surface area contributed by atoms with Crippen molar-refractivity contribution in [1.29, 1.82) is 0 Å². The zero-order chi connectivity index (χ0) is 13.8. The second-order valence-corrected chi connectivity index (χ2v) is 6.05. The van der Waals surface area contributed by atoms with E-state index in [2.05, 4.69) is 22.8 Å². The van der Waals surface area contributed by atoms with Crippen molar-refractivity contribution >= 4 is 35.8 Å². The van der Waals surface area contributed by atoms with E-state index in [4.69, 9.17) is 9.84 Å². The van der Waals surface area contributed by atoms with Crippen LogP contribution in [0.25, 0.3) is 0 Å². The average Bonchev–Trinajstić information content (AvgIpc) is 2.94. The number of ether oxygens (including phenoxy) is 1. The highest BCUT2D eigenvalue weighted by molar-refractivity contribution is 8.20. The van der Waals surface area contributed by atoms with Gasteiger partial charge in [0.05, 0.1) is 11.7 Å². The normalized spacial score (nSPS) is 20.0. The molecule has 1 aromatic heterocycles. The van der Waals surface area contributed by atoms with Crippen molar-refractivity contribution in [2.45, 2.75) is 30.6 Å². The van der Waals surface area contributed by atoms with Crippen LogP contribution in [0.2, 0.25) is 0 Å². The summed E-state index contributed by atoms with van der Waals surface area (Å²) in [6.45, 7) is 2.17. The molecule has 19 heavy (non-hydrogen) atoms. The number of hydrazone groups is 1. The Bertz CT molecular complexity index is 452. The molecule has 0 saturated carbocycles. The van der Waals surface area contributed by atoms with E-state index in [9.17, 15) is 0 Å². The molecule has 1 N–H and O–H groups in total. The molecule has 2 atom stereocenters. The number of rotatable bonds is 6. The van der Waals surface area contributed by atoms with Crippen molar-refractivity contribution in [1.82, 2.24) is 9.78 Å². The third-order valence-electron chi connectivity index (χ3n) is 2.71. The van der Waals surface area contributed by atoms with Crippen LogP contribution in [0.4, 0.5) is 5.82 Å². The van der Waals surface area contributed by atoms with E-state index in [1.807, 2.05) is 20.0 Å². The molecule has 6 nitrogen and oxygen atoms in total. The van der Waals surface area contributed by atoms with Gasteiger partial charge in [0.2, 0.25) is 5.88 Å². The number of thiol groups is 1. The molecule has 0 bridgehead atoms. The summed E-state index contributed by atoms with van der Waals surface area (Å²) in [5.41, 5.74) is 1.75. The maximum absolute atomic E-state index is 8.81. The third-order valence-corrected chi connectivity index (χ3v) is 3.96. The summed E-state index contributed by atoms with van der Waals surface area (Å²) in [6.07, 6.45) is 1.58. The first-order valence-corrected chi connectivity index (χ1v) is 7.54. The lowest BCUT2D eigenvalue weighted by atomic mass is 10.2. The lowest BCUT2D eigenvalue weighted by Crippen LogP contribution is -2.18. The zero-order valence-corrected chi connectivity index (χ0v) is 12.6. The summed E-state index contributed by atoms with van der Waals surface area (Å²) in [4.78, 5) is 0. The summed E-state index contributed by atoms with van der Waals surface area (Å²) in [7, 11) is 1.83. The Morgan fingerprint density at radius 2 is 2.42 bits per heavy atom. The number of nitrogens with zero attached hydrogens (tertiary/aromatic N) is 4. The number of thioether (sulfide) groups is 1. The molecule has 1 aliphatic rings. The Labute approximate surface area is 122 Å². The van der Waals surface area contributed by atoms with Gasteiger partial charge in [-0.15, -0.1) is 12.6 Å². The van der Waals surface area contributed by atoms with Gasteiger partial charge in [-0.2, -0.15) is 10.2 Å². The first kappa shape index (κ1) is 14.5. The van der Waals surface area contributed by atoms with Gasteiger partial charge in [-0.25, -0.2) is 9.69 Å². The van der Waals surface area contributed by atoms with E-state index in [-0.39, 0.29) is 17.4 Å². The molecule has 0 radical (unpaired) electrons. The molecule has 0 amide bonds. The van der Waals surface area contributed by atoms with Gasteiger partial charge in [0, 0.05) is 19.7 Å². The van der Waals surface area contributed by atoms with Gasteiger partial charge in [0.15, 0.2) is 5.82 Å². The first-order valence-electron chi connectivity index (χ1n) is 6.08. The van der Waals surface area contributed by atoms with Crippen LogP contribution in [0.5, 0.6) is 5.88 Å². The van der Waals surface area contributed by atoms with Gasteiger partial charge in [0.1, 0.15) is 4.71 Å². The number of aromatic nitrogens is 2. The molecular weight excluding hydrogens is 284 g/mol. The van der Waals surface area contributed by atoms with Crippen LogP contribution < -0.4 is 9.75 Å². The predicted molar refractivity (Wildman–Crippen MR) is 81.0 cm³/mol. The number of hydrogen-bond donors (Lipinski definition) is 2. The smallest absolute Gasteiger partial charge is 0.214 e. The lowest BCUT2D eigenvalue weighted by molar-refractivity contribution is 0.175. The SMILES string of the molecule is CC(CCCO)Oc1cc(N2N=CSC2S)nn1C. The van der Waals surface area contributed by atoms with Crippen LogP contribution in [-0.2, 0) is 7.05 Å². The summed E-state index contributed by atoms with van der Waals surface area (Å²) >= 11 is 5.93. The Kier molecular flexibility index (Phi) is 5.00. The second-order valence-electron chi connectivity index (χ2n) is 4.29. The molecule has 106 valence electrons. The maximum atomic E-state index is 8.81. The summed E-state index contributed by atoms with van der Waals surface area (Å²) in [6, 6.07) is 1.85. The highest BCUT2D eigenvalue weighted by Crippen LogP contribution is 2.31. The quantitative estimate of drug-likeness (QED) is 0.783. The van der Waals surface area contributed by atoms with E-state index in [1.54, 1.807) is 15.2 Å². The lowest BCUT2D eigenvalue weighted by Gasteiger charge is -2.14. The molecule has 2 heterocycles. The number of anilines is 1. The molecular formula is C11H18N4O2S2. The molecule has 2 unspecified atom stereocenters. The molecule has 0 aliphatic carbocycles. The van der Waals surface area contributed by atoms with Gasteiger partial charge in [0.25, 0.3) is 0 Å². The van der Waals surface area contributed by atoms with Crippen molar-refractivity contribution < 1.29 is 9.84 Å². The van der Waals surface area contributed by atoms with Crippen LogP contribution in [0.1, 0.15) is 19.8 Å². The van der Waals surface area contributed by atoms with E-state index in [1.165, 1.54) is 11.8 Å². The van der Waals surface area contributed by atoms with Crippen molar-refractivity contribution in [3.05, 3.63) is 6.07 Å². The van der Waals surface area contributed by atoms with Crippen LogP contribution >= 0.6 is 24.4 Å². The van der Waals surface area contributed by atoms with Crippen LogP contribution in [-0.4, -0.2) is 37.9 Å². The van der Waals surface area contributed by atoms with Crippen molar-refractivity contribution in [2.75, 3.05) is 11.6 Å². The topological polar surface area (TPSA) is 62.9 Å². The summed E-state index contributed by atoms with van der Waals surface area (Å²) < 4.78 is 7.44. The third kappa shape index (κ3) is 3.58. The van der Waals surface area contributed by atoms with Crippen molar-refractivity contribution in [3.8, 4) is 5.88 Å². The van der Waals surface area contributed by atoms with E-state index in [0.29, 0.717) is 11.7 Å². The van der Waals surface area contributed by atoms with Gasteiger partial charge in [-0.3, -0.25) is 0 Å². The molecule has 8 heteroatoms. The average molecular weight is 302 g/mol. The minimum atomic E-state index is -0.0467. The molecule has 0 spiro atoms. The highest BCUT2D eigenvalue weighted by atomic mass is 32.2. The summed E-state index contributed by atoms with van der Waals surface area (Å²) in [5.74, 6) is 1.40. The molecule has 2 rings (SSSR count). The van der Waals surface area contributed by atoms with E-state index >= 15 is 0 Å². The van der Waals surface area contributed by atoms with Crippen molar-refractivity contribution in [2.24, 2.45) is 12.1 Å². The minimum absolute atomic E-state index is 0.0404. The first-order chi connectivity index (χ1) is 9.11.